The van der Waals surface area contributed by atoms with Crippen molar-refractivity contribution in [1.82, 2.24) is 9.66 Å². The first kappa shape index (κ1) is 27.3. The van der Waals surface area contributed by atoms with Crippen LogP contribution in [0.25, 0.3) is 33.5 Å². The molecule has 0 aliphatic carbocycles. The molecule has 0 saturated heterocycles. The van der Waals surface area contributed by atoms with E-state index < -0.39 is 0 Å². The van der Waals surface area contributed by atoms with E-state index in [9.17, 15) is 4.79 Å². The first-order valence-electron chi connectivity index (χ1n) is 13.3. The summed E-state index contributed by atoms with van der Waals surface area (Å²) in [5, 5.41) is 5.80. The minimum absolute atomic E-state index is 0.261. The molecule has 0 bridgehead atoms. The number of fused-ring (bicyclic) bond motifs is 2. The molecule has 0 aliphatic rings. The molecule has 4 aromatic carbocycles. The van der Waals surface area contributed by atoms with Gasteiger partial charge in [0, 0.05) is 10.0 Å². The number of halogens is 1. The average molecular weight is 624 g/mol. The summed E-state index contributed by atoms with van der Waals surface area (Å²) >= 11 is 3.63. The van der Waals surface area contributed by atoms with Crippen molar-refractivity contribution in [2.75, 3.05) is 13.7 Å². The molecule has 0 fully saturated rings. The molecule has 0 radical (unpaired) electrons. The van der Waals surface area contributed by atoms with Crippen LogP contribution in [-0.2, 0) is 6.61 Å². The predicted molar refractivity (Wildman–Crippen MR) is 167 cm³/mol. The van der Waals surface area contributed by atoms with E-state index in [1.165, 1.54) is 4.68 Å². The monoisotopic (exact) mass is 623 g/mol. The summed E-state index contributed by atoms with van der Waals surface area (Å²) in [5.41, 5.74) is 2.54. The number of methoxy groups -OCH3 is 1. The third kappa shape index (κ3) is 5.38. The van der Waals surface area contributed by atoms with Gasteiger partial charge in [-0.1, -0.05) is 48.5 Å². The molecule has 2 aromatic heterocycles. The molecule has 6 aromatic rings. The SMILES string of the molecule is CCOc1cc(C=Nn2c(-c3cc4c(OC)cccc4o3)nc3ccccc3c2=O)c(Br)cc1OCc1ccccc1. The van der Waals surface area contributed by atoms with Crippen LogP contribution in [0.5, 0.6) is 17.2 Å². The summed E-state index contributed by atoms with van der Waals surface area (Å²) in [4.78, 5) is 18.5. The molecular weight excluding hydrogens is 598 g/mol. The molecule has 210 valence electrons. The Balaban J connectivity index is 1.43. The van der Waals surface area contributed by atoms with E-state index in [0.717, 1.165) is 15.4 Å². The maximum atomic E-state index is 13.7. The lowest BCUT2D eigenvalue weighted by Crippen LogP contribution is -2.20. The fraction of sp³-hybridized carbons (Fsp3) is 0.121. The fourth-order valence-electron chi connectivity index (χ4n) is 4.60. The number of ether oxygens (including phenoxy) is 3. The van der Waals surface area contributed by atoms with Gasteiger partial charge in [-0.05, 0) is 70.9 Å². The number of rotatable bonds is 9. The Morgan fingerprint density at radius 2 is 1.69 bits per heavy atom. The molecule has 8 nitrogen and oxygen atoms in total. The van der Waals surface area contributed by atoms with Crippen LogP contribution in [0.15, 0.2) is 110 Å². The molecule has 9 heteroatoms. The summed E-state index contributed by atoms with van der Waals surface area (Å²) in [6.45, 7) is 2.75. The second-order valence-electron chi connectivity index (χ2n) is 9.32. The number of nitrogens with zero attached hydrogens (tertiary/aromatic N) is 3. The van der Waals surface area contributed by atoms with Gasteiger partial charge in [0.15, 0.2) is 17.3 Å². The van der Waals surface area contributed by atoms with Crippen LogP contribution in [0.3, 0.4) is 0 Å². The average Bonchev–Trinajstić information content (AvgIpc) is 3.46. The van der Waals surface area contributed by atoms with Gasteiger partial charge in [0.25, 0.3) is 5.56 Å². The van der Waals surface area contributed by atoms with E-state index in [2.05, 4.69) is 21.0 Å². The number of para-hydroxylation sites is 1. The second kappa shape index (κ2) is 11.9. The van der Waals surface area contributed by atoms with Gasteiger partial charge in [0.1, 0.15) is 17.9 Å². The Labute approximate surface area is 249 Å². The largest absolute Gasteiger partial charge is 0.496 e. The minimum Gasteiger partial charge on any atom is -0.496 e. The topological polar surface area (TPSA) is 88.1 Å². The van der Waals surface area contributed by atoms with Crippen LogP contribution in [0.1, 0.15) is 18.1 Å². The summed E-state index contributed by atoms with van der Waals surface area (Å²) < 4.78 is 25.6. The van der Waals surface area contributed by atoms with Crippen LogP contribution in [0.4, 0.5) is 0 Å². The van der Waals surface area contributed by atoms with E-state index in [4.69, 9.17) is 23.6 Å². The smallest absolute Gasteiger partial charge is 0.282 e. The zero-order chi connectivity index (χ0) is 29.1. The van der Waals surface area contributed by atoms with Gasteiger partial charge in [-0.3, -0.25) is 4.79 Å². The molecule has 0 unspecified atom stereocenters. The highest BCUT2D eigenvalue weighted by Crippen LogP contribution is 2.35. The van der Waals surface area contributed by atoms with E-state index in [1.54, 1.807) is 37.6 Å². The highest BCUT2D eigenvalue weighted by atomic mass is 79.9. The van der Waals surface area contributed by atoms with Gasteiger partial charge in [0.05, 0.1) is 36.2 Å². The molecule has 42 heavy (non-hydrogen) atoms. The second-order valence-corrected chi connectivity index (χ2v) is 10.2. The predicted octanol–water partition coefficient (Wildman–Crippen LogP) is 7.44. The van der Waals surface area contributed by atoms with Gasteiger partial charge in [-0.25, -0.2) is 4.98 Å². The van der Waals surface area contributed by atoms with Gasteiger partial charge in [-0.2, -0.15) is 9.78 Å². The van der Waals surface area contributed by atoms with Crippen molar-refractivity contribution in [3.63, 3.8) is 0 Å². The molecule has 0 amide bonds. The fourth-order valence-corrected chi connectivity index (χ4v) is 5.02. The number of furan rings is 1. The Morgan fingerprint density at radius 1 is 0.905 bits per heavy atom. The lowest BCUT2D eigenvalue weighted by Gasteiger charge is -2.14. The highest BCUT2D eigenvalue weighted by Gasteiger charge is 2.18. The van der Waals surface area contributed by atoms with Gasteiger partial charge >= 0.3 is 0 Å². The number of aromatic nitrogens is 2. The van der Waals surface area contributed by atoms with Crippen LogP contribution in [-0.4, -0.2) is 29.6 Å². The first-order chi connectivity index (χ1) is 20.6. The Hall–Kier alpha value is -4.89. The van der Waals surface area contributed by atoms with Crippen molar-refractivity contribution < 1.29 is 18.6 Å². The van der Waals surface area contributed by atoms with Crippen LogP contribution < -0.4 is 19.8 Å². The number of hydrogen-bond donors (Lipinski definition) is 0. The van der Waals surface area contributed by atoms with Crippen molar-refractivity contribution in [2.24, 2.45) is 5.10 Å². The summed E-state index contributed by atoms with van der Waals surface area (Å²) in [6.07, 6.45) is 1.58. The van der Waals surface area contributed by atoms with Crippen LogP contribution in [0.2, 0.25) is 0 Å². The maximum absolute atomic E-state index is 13.7. The van der Waals surface area contributed by atoms with Gasteiger partial charge < -0.3 is 18.6 Å². The van der Waals surface area contributed by atoms with Crippen molar-refractivity contribution in [2.45, 2.75) is 13.5 Å². The van der Waals surface area contributed by atoms with E-state index in [0.29, 0.717) is 58.3 Å². The zero-order valence-corrected chi connectivity index (χ0v) is 24.5. The number of benzene rings is 4. The Bertz CT molecular complexity index is 1980. The lowest BCUT2D eigenvalue weighted by atomic mass is 10.2. The summed E-state index contributed by atoms with van der Waals surface area (Å²) in [7, 11) is 1.60. The summed E-state index contributed by atoms with van der Waals surface area (Å²) in [6, 6.07) is 28.0. The minimum atomic E-state index is -0.330. The quantitative estimate of drug-likeness (QED) is 0.156. The Kier molecular flexibility index (Phi) is 7.74. The molecule has 0 spiro atoms. The van der Waals surface area contributed by atoms with Crippen molar-refractivity contribution in [3.8, 4) is 28.8 Å². The maximum Gasteiger partial charge on any atom is 0.282 e. The van der Waals surface area contributed by atoms with Crippen LogP contribution in [0, 0.1) is 0 Å². The third-order valence-corrected chi connectivity index (χ3v) is 7.31. The van der Waals surface area contributed by atoms with Crippen molar-refractivity contribution in [3.05, 3.63) is 117 Å². The van der Waals surface area contributed by atoms with Crippen molar-refractivity contribution >= 4 is 44.0 Å². The van der Waals surface area contributed by atoms with E-state index >= 15 is 0 Å². The zero-order valence-electron chi connectivity index (χ0n) is 22.9. The van der Waals surface area contributed by atoms with Gasteiger partial charge in [-0.15, -0.1) is 0 Å². The Morgan fingerprint density at radius 3 is 2.50 bits per heavy atom. The standard InChI is InChI=1S/C33H26BrN3O5/c1-3-40-29-16-22(25(34)18-30(29)41-20-21-10-5-4-6-11-21)19-35-37-32(36-26-13-8-7-12-23(26)33(37)38)31-17-24-27(39-2)14-9-15-28(24)42-31/h4-19H,3,20H2,1-2H3. The molecule has 6 rings (SSSR count). The molecule has 0 N–H and O–H groups in total. The normalized spacial score (nSPS) is 11.4. The number of hydrogen-bond acceptors (Lipinski definition) is 7. The summed E-state index contributed by atoms with van der Waals surface area (Å²) in [5.74, 6) is 2.45. The lowest BCUT2D eigenvalue weighted by molar-refractivity contribution is 0.269. The highest BCUT2D eigenvalue weighted by molar-refractivity contribution is 9.10. The third-order valence-electron chi connectivity index (χ3n) is 6.63. The van der Waals surface area contributed by atoms with Crippen molar-refractivity contribution in [1.29, 1.82) is 0 Å². The molecule has 2 heterocycles. The van der Waals surface area contributed by atoms with E-state index in [1.807, 2.05) is 73.7 Å². The van der Waals surface area contributed by atoms with Gasteiger partial charge in [0.2, 0.25) is 5.82 Å². The molecule has 0 saturated carbocycles. The molecular formula is C33H26BrN3O5. The van der Waals surface area contributed by atoms with Crippen LogP contribution >= 0.6 is 15.9 Å². The van der Waals surface area contributed by atoms with E-state index in [-0.39, 0.29) is 11.4 Å². The molecule has 0 atom stereocenters. The first-order valence-corrected chi connectivity index (χ1v) is 14.1. The molecule has 0 aliphatic heterocycles.